The van der Waals surface area contributed by atoms with Crippen LogP contribution < -0.4 is 0 Å². The Hall–Kier alpha value is -2.96. The number of likely N-dealkylation sites (tertiary alicyclic amines) is 1. The Morgan fingerprint density at radius 3 is 2.52 bits per heavy atom. The van der Waals surface area contributed by atoms with Crippen molar-refractivity contribution in [2.45, 2.75) is 51.4 Å². The topological polar surface area (TPSA) is 77.0 Å². The van der Waals surface area contributed by atoms with Gasteiger partial charge < -0.3 is 9.42 Å². The molecule has 29 heavy (non-hydrogen) atoms. The molecule has 2 aromatic heterocycles. The van der Waals surface area contributed by atoms with Crippen molar-refractivity contribution in [1.29, 1.82) is 0 Å². The average Bonchev–Trinajstić information content (AvgIpc) is 3.54. The highest BCUT2D eigenvalue weighted by molar-refractivity contribution is 5.95. The molecule has 7 nitrogen and oxygen atoms in total. The first-order chi connectivity index (χ1) is 14.2. The summed E-state index contributed by atoms with van der Waals surface area (Å²) in [6.07, 6.45) is 8.75. The lowest BCUT2D eigenvalue weighted by Crippen LogP contribution is -2.27. The number of hydrogen-bond acceptors (Lipinski definition) is 5. The zero-order chi connectivity index (χ0) is 19.8. The molecule has 2 aliphatic rings. The maximum absolute atomic E-state index is 12.7. The Morgan fingerprint density at radius 2 is 1.79 bits per heavy atom. The Kier molecular flexibility index (Phi) is 4.66. The summed E-state index contributed by atoms with van der Waals surface area (Å²) in [5.41, 5.74) is 3.25. The Labute approximate surface area is 169 Å². The third-order valence-corrected chi connectivity index (χ3v) is 6.06. The minimum Gasteiger partial charge on any atom is -0.339 e. The van der Waals surface area contributed by atoms with Gasteiger partial charge in [-0.05, 0) is 56.9 Å². The lowest BCUT2D eigenvalue weighted by Gasteiger charge is -2.13. The van der Waals surface area contributed by atoms with E-state index in [9.17, 15) is 4.79 Å². The van der Waals surface area contributed by atoms with Gasteiger partial charge in [0.15, 0.2) is 0 Å². The van der Waals surface area contributed by atoms with Crippen LogP contribution in [0, 0.1) is 6.92 Å². The van der Waals surface area contributed by atoms with Gasteiger partial charge in [-0.15, -0.1) is 0 Å². The highest BCUT2D eigenvalue weighted by Gasteiger charge is 2.24. The van der Waals surface area contributed by atoms with Crippen LogP contribution in [0.15, 0.2) is 35.0 Å². The number of nitrogens with zero attached hydrogens (tertiary/aromatic N) is 5. The number of benzene rings is 1. The third-order valence-electron chi connectivity index (χ3n) is 6.06. The van der Waals surface area contributed by atoms with Crippen molar-refractivity contribution in [3.63, 3.8) is 0 Å². The SMILES string of the molecule is Cc1nn(-c2ccc(-c3noc(C4CCCC4)n3)cc2)cc1C(=O)N1CCCC1. The van der Waals surface area contributed by atoms with Gasteiger partial charge in [-0.2, -0.15) is 10.1 Å². The van der Waals surface area contributed by atoms with Crippen LogP contribution in [0.25, 0.3) is 17.1 Å². The highest BCUT2D eigenvalue weighted by Crippen LogP contribution is 2.34. The smallest absolute Gasteiger partial charge is 0.257 e. The fraction of sp³-hybridized carbons (Fsp3) is 0.455. The van der Waals surface area contributed by atoms with Gasteiger partial charge in [0.05, 0.1) is 16.9 Å². The minimum atomic E-state index is 0.0779. The molecule has 0 radical (unpaired) electrons. The molecule has 3 heterocycles. The van der Waals surface area contributed by atoms with Crippen molar-refractivity contribution in [1.82, 2.24) is 24.8 Å². The van der Waals surface area contributed by atoms with E-state index in [1.807, 2.05) is 42.3 Å². The molecule has 5 rings (SSSR count). The third kappa shape index (κ3) is 3.45. The van der Waals surface area contributed by atoms with Crippen LogP contribution in [-0.4, -0.2) is 43.8 Å². The Morgan fingerprint density at radius 1 is 1.07 bits per heavy atom. The summed E-state index contributed by atoms with van der Waals surface area (Å²) in [5, 5.41) is 8.71. The van der Waals surface area contributed by atoms with Gasteiger partial charge >= 0.3 is 0 Å². The quantitative estimate of drug-likeness (QED) is 0.668. The second-order valence-electron chi connectivity index (χ2n) is 8.06. The van der Waals surface area contributed by atoms with E-state index in [-0.39, 0.29) is 5.91 Å². The van der Waals surface area contributed by atoms with Crippen LogP contribution in [0.3, 0.4) is 0 Å². The van der Waals surface area contributed by atoms with E-state index in [1.54, 1.807) is 4.68 Å². The van der Waals surface area contributed by atoms with E-state index < -0.39 is 0 Å². The predicted molar refractivity (Wildman–Crippen MR) is 108 cm³/mol. The van der Waals surface area contributed by atoms with Gasteiger partial charge in [-0.25, -0.2) is 4.68 Å². The molecular weight excluding hydrogens is 366 g/mol. The van der Waals surface area contributed by atoms with E-state index in [2.05, 4.69) is 15.2 Å². The number of rotatable bonds is 4. The van der Waals surface area contributed by atoms with Crippen LogP contribution in [0.4, 0.5) is 0 Å². The first-order valence-electron chi connectivity index (χ1n) is 10.5. The lowest BCUT2D eigenvalue weighted by atomic mass is 10.1. The number of hydrogen-bond donors (Lipinski definition) is 0. The van der Waals surface area contributed by atoms with Crippen molar-refractivity contribution in [3.05, 3.63) is 47.6 Å². The highest BCUT2D eigenvalue weighted by atomic mass is 16.5. The lowest BCUT2D eigenvalue weighted by molar-refractivity contribution is 0.0792. The molecule has 3 aromatic rings. The molecule has 1 saturated carbocycles. The van der Waals surface area contributed by atoms with Gasteiger partial charge in [0, 0.05) is 30.8 Å². The van der Waals surface area contributed by atoms with Crippen molar-refractivity contribution in [3.8, 4) is 17.1 Å². The van der Waals surface area contributed by atoms with Crippen LogP contribution in [0.1, 0.15) is 66.4 Å². The maximum Gasteiger partial charge on any atom is 0.257 e. The molecule has 0 unspecified atom stereocenters. The van der Waals surface area contributed by atoms with Crippen LogP contribution in [-0.2, 0) is 0 Å². The van der Waals surface area contributed by atoms with Crippen LogP contribution in [0.5, 0.6) is 0 Å². The molecule has 0 N–H and O–H groups in total. The standard InChI is InChI=1S/C22H25N5O2/c1-15-19(22(28)26-12-4-5-13-26)14-27(24-15)18-10-8-16(9-11-18)20-23-21(29-25-20)17-6-2-3-7-17/h8-11,14,17H,2-7,12-13H2,1H3. The summed E-state index contributed by atoms with van der Waals surface area (Å²) < 4.78 is 7.26. The molecule has 1 aliphatic heterocycles. The first kappa shape index (κ1) is 18.1. The number of carbonyl (C=O) groups is 1. The second kappa shape index (κ2) is 7.46. The molecule has 0 atom stereocenters. The molecule has 150 valence electrons. The molecule has 1 aromatic carbocycles. The van der Waals surface area contributed by atoms with Crippen molar-refractivity contribution in [2.24, 2.45) is 0 Å². The van der Waals surface area contributed by atoms with Crippen LogP contribution in [0.2, 0.25) is 0 Å². The molecule has 2 fully saturated rings. The molecule has 7 heteroatoms. The fourth-order valence-corrected chi connectivity index (χ4v) is 4.35. The second-order valence-corrected chi connectivity index (χ2v) is 8.06. The minimum absolute atomic E-state index is 0.0779. The van der Waals surface area contributed by atoms with E-state index in [0.717, 1.165) is 61.6 Å². The van der Waals surface area contributed by atoms with Gasteiger partial charge in [0.2, 0.25) is 11.7 Å². The van der Waals surface area contributed by atoms with E-state index in [1.165, 1.54) is 12.8 Å². The largest absolute Gasteiger partial charge is 0.339 e. The molecule has 1 amide bonds. The molecule has 0 spiro atoms. The predicted octanol–water partition coefficient (Wildman–Crippen LogP) is 4.12. The zero-order valence-corrected chi connectivity index (χ0v) is 16.7. The van der Waals surface area contributed by atoms with Gasteiger partial charge in [0.25, 0.3) is 5.91 Å². The molecule has 0 bridgehead atoms. The van der Waals surface area contributed by atoms with Crippen molar-refractivity contribution < 1.29 is 9.32 Å². The number of amides is 1. The van der Waals surface area contributed by atoms with Crippen LogP contribution >= 0.6 is 0 Å². The van der Waals surface area contributed by atoms with Crippen molar-refractivity contribution in [2.75, 3.05) is 13.1 Å². The Balaban J connectivity index is 1.35. The van der Waals surface area contributed by atoms with Gasteiger partial charge in [0.1, 0.15) is 0 Å². The monoisotopic (exact) mass is 391 g/mol. The number of aryl methyl sites for hydroxylation is 1. The summed E-state index contributed by atoms with van der Waals surface area (Å²) in [4.78, 5) is 19.2. The Bertz CT molecular complexity index is 1010. The van der Waals surface area contributed by atoms with E-state index >= 15 is 0 Å². The van der Waals surface area contributed by atoms with Gasteiger partial charge in [-0.3, -0.25) is 4.79 Å². The maximum atomic E-state index is 12.7. The summed E-state index contributed by atoms with van der Waals surface area (Å²) in [6.45, 7) is 3.56. The molecule has 1 saturated heterocycles. The van der Waals surface area contributed by atoms with E-state index in [0.29, 0.717) is 17.3 Å². The number of aromatic nitrogens is 4. The summed E-state index contributed by atoms with van der Waals surface area (Å²) in [7, 11) is 0. The summed E-state index contributed by atoms with van der Waals surface area (Å²) >= 11 is 0. The van der Waals surface area contributed by atoms with Crippen molar-refractivity contribution >= 4 is 5.91 Å². The zero-order valence-electron chi connectivity index (χ0n) is 16.7. The van der Waals surface area contributed by atoms with Gasteiger partial charge in [-0.1, -0.05) is 18.0 Å². The molecule has 1 aliphatic carbocycles. The normalized spacial score (nSPS) is 17.3. The molecular formula is C22H25N5O2. The number of carbonyl (C=O) groups excluding carboxylic acids is 1. The summed E-state index contributed by atoms with van der Waals surface area (Å²) in [6, 6.07) is 7.88. The van der Waals surface area contributed by atoms with E-state index in [4.69, 9.17) is 4.52 Å². The first-order valence-corrected chi connectivity index (χ1v) is 10.5. The summed E-state index contributed by atoms with van der Waals surface area (Å²) in [5.74, 6) is 1.87. The fourth-order valence-electron chi connectivity index (χ4n) is 4.35. The average molecular weight is 391 g/mol.